The zero-order valence-corrected chi connectivity index (χ0v) is 18.2. The number of nitrogens with zero attached hydrogens (tertiary/aromatic N) is 2. The van der Waals surface area contributed by atoms with Gasteiger partial charge in [-0.05, 0) is 30.3 Å². The first-order valence-electron chi connectivity index (χ1n) is 9.65. The van der Waals surface area contributed by atoms with Crippen molar-refractivity contribution in [1.82, 2.24) is 4.90 Å². The van der Waals surface area contributed by atoms with Crippen molar-refractivity contribution in [2.24, 2.45) is 0 Å². The summed E-state index contributed by atoms with van der Waals surface area (Å²) in [6.45, 7) is 0. The average Bonchev–Trinajstić information content (AvgIpc) is 3.17. The maximum Gasteiger partial charge on any atom is 0.231 e. The molecule has 7 nitrogen and oxygen atoms in total. The number of rotatable bonds is 5. The van der Waals surface area contributed by atoms with E-state index in [-0.39, 0.29) is 18.1 Å². The van der Waals surface area contributed by atoms with Crippen LogP contribution in [0.15, 0.2) is 53.1 Å². The van der Waals surface area contributed by atoms with Gasteiger partial charge in [0.25, 0.3) is 0 Å². The Kier molecular flexibility index (Phi) is 5.56. The van der Waals surface area contributed by atoms with Gasteiger partial charge in [0.15, 0.2) is 5.72 Å². The van der Waals surface area contributed by atoms with E-state index in [4.69, 9.17) is 14.2 Å². The van der Waals surface area contributed by atoms with Crippen LogP contribution in [0.3, 0.4) is 0 Å². The molecular weight excluding hydrogens is 416 g/mol. The monoisotopic (exact) mass is 438 g/mol. The number of benzene rings is 2. The molecule has 1 fully saturated rings. The average molecular weight is 439 g/mol. The van der Waals surface area contributed by atoms with Crippen LogP contribution >= 0.6 is 11.8 Å². The highest BCUT2D eigenvalue weighted by Crippen LogP contribution is 2.53. The highest BCUT2D eigenvalue weighted by Gasteiger charge is 2.52. The van der Waals surface area contributed by atoms with Gasteiger partial charge in [0.2, 0.25) is 5.91 Å². The van der Waals surface area contributed by atoms with E-state index in [0.717, 1.165) is 0 Å². The number of aliphatic hydroxyl groups is 1. The van der Waals surface area contributed by atoms with E-state index in [1.807, 2.05) is 0 Å². The van der Waals surface area contributed by atoms with Crippen LogP contribution in [0.1, 0.15) is 23.5 Å². The Hall–Kier alpha value is -3.15. The van der Waals surface area contributed by atoms with Crippen molar-refractivity contribution >= 4 is 17.7 Å². The third-order valence-corrected chi connectivity index (χ3v) is 6.88. The van der Waals surface area contributed by atoms with Crippen LogP contribution in [0.25, 0.3) is 0 Å². The van der Waals surface area contributed by atoms with Gasteiger partial charge in [-0.15, -0.1) is 11.8 Å². The van der Waals surface area contributed by atoms with E-state index in [1.165, 1.54) is 16.7 Å². The number of fused-ring (bicyclic) bond motifs is 1. The fourth-order valence-corrected chi connectivity index (χ4v) is 5.45. The molecule has 1 saturated heterocycles. The summed E-state index contributed by atoms with van der Waals surface area (Å²) in [5.74, 6) is 1.23. The number of thioether (sulfide) groups is 1. The Morgan fingerprint density at radius 1 is 1.13 bits per heavy atom. The Bertz CT molecular complexity index is 1110. The third kappa shape index (κ3) is 3.40. The number of hydrogen-bond donors (Lipinski definition) is 1. The Morgan fingerprint density at radius 3 is 2.55 bits per heavy atom. The van der Waals surface area contributed by atoms with Crippen LogP contribution in [-0.4, -0.2) is 43.0 Å². The van der Waals surface area contributed by atoms with E-state index < -0.39 is 11.6 Å². The van der Waals surface area contributed by atoms with Crippen molar-refractivity contribution in [3.8, 4) is 23.3 Å². The second kappa shape index (κ2) is 8.17. The van der Waals surface area contributed by atoms with Crippen molar-refractivity contribution in [3.63, 3.8) is 0 Å². The molecule has 8 heteroatoms. The molecule has 0 aliphatic carbocycles. The number of carbonyl (C=O) groups is 1. The lowest BCUT2D eigenvalue weighted by atomic mass is 9.84. The molecule has 0 aromatic heterocycles. The van der Waals surface area contributed by atoms with E-state index in [0.29, 0.717) is 39.0 Å². The molecule has 160 valence electrons. The topological polar surface area (TPSA) is 92.0 Å². The minimum absolute atomic E-state index is 0.0305. The second-order valence-electron chi connectivity index (χ2n) is 7.26. The van der Waals surface area contributed by atoms with Crippen LogP contribution in [0.5, 0.6) is 17.2 Å². The third-order valence-electron chi connectivity index (χ3n) is 5.65. The van der Waals surface area contributed by atoms with Crippen LogP contribution in [-0.2, 0) is 10.5 Å². The molecule has 4 rings (SSSR count). The van der Waals surface area contributed by atoms with Gasteiger partial charge in [-0.1, -0.05) is 12.1 Å². The first-order chi connectivity index (χ1) is 15.0. The number of ether oxygens (including phenoxy) is 3. The number of methoxy groups -OCH3 is 3. The quantitative estimate of drug-likeness (QED) is 0.765. The van der Waals surface area contributed by atoms with E-state index in [9.17, 15) is 15.2 Å². The summed E-state index contributed by atoms with van der Waals surface area (Å²) in [4.78, 5) is 14.7. The van der Waals surface area contributed by atoms with Gasteiger partial charge in [-0.25, -0.2) is 0 Å². The molecule has 1 amide bonds. The van der Waals surface area contributed by atoms with Crippen molar-refractivity contribution in [2.75, 3.05) is 27.1 Å². The minimum atomic E-state index is -1.56. The molecule has 2 aliphatic rings. The minimum Gasteiger partial charge on any atom is -0.497 e. The zero-order valence-electron chi connectivity index (χ0n) is 17.4. The summed E-state index contributed by atoms with van der Waals surface area (Å²) in [6.07, 6.45) is 0.0305. The Balaban J connectivity index is 1.83. The molecule has 2 aromatic carbocycles. The van der Waals surface area contributed by atoms with Crippen molar-refractivity contribution in [1.29, 1.82) is 5.26 Å². The molecule has 2 heterocycles. The standard InChI is InChI=1S/C23H22N2O5S/c1-28-15-6-4-5-14(9-15)23(27)13-31-22-19(12-24)17(11-21(26)25(22)23)18-10-16(29-2)7-8-20(18)30-3/h4-10,17,27H,11,13H2,1-3H3/t17-,23-/m0/s1. The molecule has 0 spiro atoms. The van der Waals surface area contributed by atoms with Crippen LogP contribution < -0.4 is 14.2 Å². The lowest BCUT2D eigenvalue weighted by molar-refractivity contribution is -0.149. The number of amides is 1. The van der Waals surface area contributed by atoms with Gasteiger partial charge in [-0.3, -0.25) is 9.69 Å². The van der Waals surface area contributed by atoms with E-state index in [1.54, 1.807) is 63.8 Å². The van der Waals surface area contributed by atoms with E-state index in [2.05, 4.69) is 6.07 Å². The first-order valence-corrected chi connectivity index (χ1v) is 10.6. The maximum atomic E-state index is 13.3. The fourth-order valence-electron chi connectivity index (χ4n) is 4.09. The predicted molar refractivity (Wildman–Crippen MR) is 116 cm³/mol. The van der Waals surface area contributed by atoms with Crippen LogP contribution in [0.2, 0.25) is 0 Å². The Morgan fingerprint density at radius 2 is 1.87 bits per heavy atom. The molecule has 2 aliphatic heterocycles. The van der Waals surface area contributed by atoms with Gasteiger partial charge >= 0.3 is 0 Å². The van der Waals surface area contributed by atoms with Gasteiger partial charge in [0.1, 0.15) is 17.2 Å². The first kappa shape index (κ1) is 21.1. The predicted octanol–water partition coefficient (Wildman–Crippen LogP) is 3.36. The molecule has 2 aromatic rings. The van der Waals surface area contributed by atoms with Gasteiger partial charge in [0, 0.05) is 23.5 Å². The summed E-state index contributed by atoms with van der Waals surface area (Å²) in [5.41, 5.74) is 0.112. The van der Waals surface area contributed by atoms with Crippen LogP contribution in [0.4, 0.5) is 0 Å². The molecule has 0 radical (unpaired) electrons. The molecule has 0 bridgehead atoms. The van der Waals surface area contributed by atoms with Gasteiger partial charge in [-0.2, -0.15) is 5.26 Å². The lowest BCUT2D eigenvalue weighted by Gasteiger charge is -2.38. The number of nitriles is 1. The molecule has 2 atom stereocenters. The zero-order chi connectivity index (χ0) is 22.2. The maximum absolute atomic E-state index is 13.3. The smallest absolute Gasteiger partial charge is 0.231 e. The fraction of sp³-hybridized carbons (Fsp3) is 0.304. The highest BCUT2D eigenvalue weighted by molar-refractivity contribution is 8.03. The van der Waals surface area contributed by atoms with Gasteiger partial charge in [0.05, 0.1) is 43.8 Å². The normalized spacial score (nSPS) is 22.7. The number of hydrogen-bond acceptors (Lipinski definition) is 7. The van der Waals surface area contributed by atoms with Crippen LogP contribution in [0, 0.1) is 11.3 Å². The van der Waals surface area contributed by atoms with Crippen molar-refractivity contribution in [3.05, 3.63) is 64.2 Å². The van der Waals surface area contributed by atoms with Crippen molar-refractivity contribution < 1.29 is 24.1 Å². The summed E-state index contributed by atoms with van der Waals surface area (Å²) in [6, 6.07) is 14.6. The molecular formula is C23H22N2O5S. The Labute approximate surface area is 184 Å². The number of carbonyl (C=O) groups excluding carboxylic acids is 1. The largest absolute Gasteiger partial charge is 0.497 e. The van der Waals surface area contributed by atoms with Crippen molar-refractivity contribution in [2.45, 2.75) is 18.1 Å². The molecule has 31 heavy (non-hydrogen) atoms. The lowest BCUT2D eigenvalue weighted by Crippen LogP contribution is -2.48. The number of allylic oxidation sites excluding steroid dienone is 1. The summed E-state index contributed by atoms with van der Waals surface area (Å²) in [5, 5.41) is 22.0. The summed E-state index contributed by atoms with van der Waals surface area (Å²) in [7, 11) is 4.65. The van der Waals surface area contributed by atoms with E-state index >= 15 is 0 Å². The molecule has 1 N–H and O–H groups in total. The molecule has 0 saturated carbocycles. The molecule has 0 unspecified atom stereocenters. The second-order valence-corrected chi connectivity index (χ2v) is 8.23. The highest BCUT2D eigenvalue weighted by atomic mass is 32.2. The van der Waals surface area contributed by atoms with Gasteiger partial charge < -0.3 is 19.3 Å². The summed E-state index contributed by atoms with van der Waals surface area (Å²) < 4.78 is 16.1. The summed E-state index contributed by atoms with van der Waals surface area (Å²) >= 11 is 1.30. The SMILES string of the molecule is COc1cccc([C@@]2(O)CSC3=C(C#N)[C@H](c4cc(OC)ccc4OC)CC(=O)N32)c1.